The Morgan fingerprint density at radius 3 is 2.22 bits per heavy atom. The summed E-state index contributed by atoms with van der Waals surface area (Å²) in [4.78, 5) is 44.7. The molecule has 3 amide bonds. The molecule has 0 saturated carbocycles. The summed E-state index contributed by atoms with van der Waals surface area (Å²) >= 11 is 6.56. The molecule has 0 bridgehead atoms. The van der Waals surface area contributed by atoms with Gasteiger partial charge in [0.2, 0.25) is 5.91 Å². The van der Waals surface area contributed by atoms with Gasteiger partial charge in [-0.25, -0.2) is 14.6 Å². The number of nitrogens with zero attached hydrogens (tertiary/aromatic N) is 3. The van der Waals surface area contributed by atoms with E-state index < -0.39 is 23.2 Å². The van der Waals surface area contributed by atoms with E-state index in [-0.39, 0.29) is 12.6 Å². The molecule has 0 unspecified atom stereocenters. The van der Waals surface area contributed by atoms with Crippen LogP contribution in [0.25, 0.3) is 10.9 Å². The highest BCUT2D eigenvalue weighted by Gasteiger charge is 2.27. The number of halogens is 1. The van der Waals surface area contributed by atoms with E-state index in [1.165, 1.54) is 0 Å². The minimum Gasteiger partial charge on any atom is -0.444 e. The Bertz CT molecular complexity index is 1130. The fourth-order valence-electron chi connectivity index (χ4n) is 3.54. The number of hydrogen-bond donors (Lipinski definition) is 2. The minimum absolute atomic E-state index is 0.222. The molecule has 2 N–H and O–H groups in total. The van der Waals surface area contributed by atoms with Crippen molar-refractivity contribution in [1.29, 1.82) is 0 Å². The number of nitrogens with one attached hydrogen (secondary N) is 2. The van der Waals surface area contributed by atoms with Crippen LogP contribution in [0.3, 0.4) is 0 Å². The molecule has 1 aromatic carbocycles. The predicted octanol–water partition coefficient (Wildman–Crippen LogP) is 4.41. The number of anilines is 2. The first-order chi connectivity index (χ1) is 16.7. The van der Waals surface area contributed by atoms with Crippen molar-refractivity contribution in [3.63, 3.8) is 0 Å². The van der Waals surface area contributed by atoms with Gasteiger partial charge in [0.1, 0.15) is 23.6 Å². The van der Waals surface area contributed by atoms with Crippen LogP contribution in [0, 0.1) is 0 Å². The second-order valence-electron chi connectivity index (χ2n) is 10.6. The van der Waals surface area contributed by atoms with Gasteiger partial charge in [0.05, 0.1) is 10.5 Å². The zero-order valence-corrected chi connectivity index (χ0v) is 22.4. The van der Waals surface area contributed by atoms with Crippen molar-refractivity contribution < 1.29 is 23.9 Å². The van der Waals surface area contributed by atoms with E-state index >= 15 is 0 Å². The number of piperazine rings is 1. The lowest BCUT2D eigenvalue weighted by Crippen LogP contribution is -2.50. The molecule has 1 aliphatic heterocycles. The molecule has 36 heavy (non-hydrogen) atoms. The Morgan fingerprint density at radius 1 is 0.972 bits per heavy atom. The van der Waals surface area contributed by atoms with E-state index in [2.05, 4.69) is 10.6 Å². The quantitative estimate of drug-likeness (QED) is 0.615. The van der Waals surface area contributed by atoms with Crippen molar-refractivity contribution in [1.82, 2.24) is 15.2 Å². The number of benzene rings is 1. The summed E-state index contributed by atoms with van der Waals surface area (Å²) in [5, 5.41) is 6.40. The molecular formula is C25H34ClN5O5. The van der Waals surface area contributed by atoms with E-state index in [0.717, 1.165) is 5.39 Å². The first kappa shape index (κ1) is 27.3. The maximum atomic E-state index is 12.3. The lowest BCUT2D eigenvalue weighted by molar-refractivity contribution is -0.115. The maximum absolute atomic E-state index is 12.3. The molecule has 1 saturated heterocycles. The van der Waals surface area contributed by atoms with Gasteiger partial charge in [-0.15, -0.1) is 0 Å². The van der Waals surface area contributed by atoms with Gasteiger partial charge in [-0.05, 0) is 65.8 Å². The molecule has 0 spiro atoms. The monoisotopic (exact) mass is 519 g/mol. The maximum Gasteiger partial charge on any atom is 0.410 e. The molecule has 1 fully saturated rings. The summed E-state index contributed by atoms with van der Waals surface area (Å²) in [7, 11) is 0. The minimum atomic E-state index is -0.661. The van der Waals surface area contributed by atoms with Crippen LogP contribution in [0.4, 0.5) is 21.1 Å². The van der Waals surface area contributed by atoms with Crippen LogP contribution < -0.4 is 15.5 Å². The van der Waals surface area contributed by atoms with Crippen LogP contribution in [0.2, 0.25) is 5.02 Å². The number of ether oxygens (including phenoxy) is 2. The van der Waals surface area contributed by atoms with Crippen molar-refractivity contribution in [2.75, 3.05) is 42.9 Å². The predicted molar refractivity (Wildman–Crippen MR) is 140 cm³/mol. The SMILES string of the molecule is CC(C)(C)OC(=O)NCC(=O)Nc1ccc2nc(N3CCN(C(=O)OC(C)(C)C)CC3)c(Cl)cc2c1. The Labute approximate surface area is 216 Å². The van der Waals surface area contributed by atoms with E-state index in [1.807, 2.05) is 25.7 Å². The van der Waals surface area contributed by atoms with Gasteiger partial charge in [-0.1, -0.05) is 11.6 Å². The van der Waals surface area contributed by atoms with E-state index in [1.54, 1.807) is 49.9 Å². The van der Waals surface area contributed by atoms with Crippen LogP contribution in [0.5, 0.6) is 0 Å². The van der Waals surface area contributed by atoms with Crippen LogP contribution in [0.15, 0.2) is 24.3 Å². The zero-order chi connectivity index (χ0) is 26.7. The van der Waals surface area contributed by atoms with Crippen molar-refractivity contribution in [3.8, 4) is 0 Å². The number of hydrogen-bond acceptors (Lipinski definition) is 7. The molecule has 1 aromatic heterocycles. The zero-order valence-electron chi connectivity index (χ0n) is 21.6. The molecule has 0 aliphatic carbocycles. The highest BCUT2D eigenvalue weighted by Crippen LogP contribution is 2.30. The first-order valence-electron chi connectivity index (χ1n) is 11.8. The van der Waals surface area contributed by atoms with Gasteiger partial charge in [0, 0.05) is 37.3 Å². The third-order valence-electron chi connectivity index (χ3n) is 5.06. The van der Waals surface area contributed by atoms with Crippen molar-refractivity contribution in [3.05, 3.63) is 29.3 Å². The lowest BCUT2D eigenvalue weighted by Gasteiger charge is -2.36. The summed E-state index contributed by atoms with van der Waals surface area (Å²) in [6, 6.07) is 7.10. The highest BCUT2D eigenvalue weighted by molar-refractivity contribution is 6.33. The van der Waals surface area contributed by atoms with Crippen molar-refractivity contribution in [2.24, 2.45) is 0 Å². The number of fused-ring (bicyclic) bond motifs is 1. The summed E-state index contributed by atoms with van der Waals surface area (Å²) in [6.45, 7) is 12.7. The molecule has 10 nitrogen and oxygen atoms in total. The number of pyridine rings is 1. The third-order valence-corrected chi connectivity index (χ3v) is 5.33. The third kappa shape index (κ3) is 7.87. The molecule has 0 atom stereocenters. The molecule has 196 valence electrons. The molecular weight excluding hydrogens is 486 g/mol. The van der Waals surface area contributed by atoms with Crippen molar-refractivity contribution in [2.45, 2.75) is 52.7 Å². The van der Waals surface area contributed by atoms with E-state index in [0.29, 0.717) is 48.2 Å². The summed E-state index contributed by atoms with van der Waals surface area (Å²) < 4.78 is 10.6. The fraction of sp³-hybridized carbons (Fsp3) is 0.520. The average Bonchev–Trinajstić information content (AvgIpc) is 2.75. The van der Waals surface area contributed by atoms with Crippen LogP contribution >= 0.6 is 11.6 Å². The number of carbonyl (C=O) groups is 3. The Balaban J connectivity index is 1.61. The van der Waals surface area contributed by atoms with Crippen LogP contribution in [-0.2, 0) is 14.3 Å². The molecule has 2 heterocycles. The largest absolute Gasteiger partial charge is 0.444 e. The van der Waals surface area contributed by atoms with E-state index in [4.69, 9.17) is 26.1 Å². The molecule has 0 radical (unpaired) electrons. The normalized spacial score (nSPS) is 14.4. The van der Waals surface area contributed by atoms with E-state index in [9.17, 15) is 14.4 Å². The summed E-state index contributed by atoms with van der Waals surface area (Å²) in [5.41, 5.74) is 0.0870. The van der Waals surface area contributed by atoms with Crippen molar-refractivity contribution >= 4 is 52.1 Å². The van der Waals surface area contributed by atoms with Gasteiger partial charge in [-0.2, -0.15) is 0 Å². The summed E-state index contributed by atoms with van der Waals surface area (Å²) in [6.07, 6.45) is -0.984. The average molecular weight is 520 g/mol. The molecule has 2 aromatic rings. The molecule has 11 heteroatoms. The Hall–Kier alpha value is -3.27. The second-order valence-corrected chi connectivity index (χ2v) is 11.0. The highest BCUT2D eigenvalue weighted by atomic mass is 35.5. The first-order valence-corrected chi connectivity index (χ1v) is 12.2. The number of aromatic nitrogens is 1. The van der Waals surface area contributed by atoms with Crippen LogP contribution in [-0.4, -0.2) is 71.9 Å². The van der Waals surface area contributed by atoms with Gasteiger partial charge in [-0.3, -0.25) is 4.79 Å². The lowest BCUT2D eigenvalue weighted by atomic mass is 10.2. The van der Waals surface area contributed by atoms with Gasteiger partial charge >= 0.3 is 12.2 Å². The molecule has 1 aliphatic rings. The molecule has 3 rings (SSSR count). The number of alkyl carbamates (subject to hydrolysis) is 1. The number of amides is 3. The standard InChI is InChI=1S/C25H34ClN5O5/c1-24(2,3)35-22(33)27-15-20(32)28-17-7-8-19-16(13-17)14-18(26)21(29-19)30-9-11-31(12-10-30)23(34)36-25(4,5)6/h7-8,13-14H,9-12,15H2,1-6H3,(H,27,33)(H,28,32). The Kier molecular flexibility index (Phi) is 8.18. The fourth-order valence-corrected chi connectivity index (χ4v) is 3.82. The number of carbonyl (C=O) groups excluding carboxylic acids is 3. The van der Waals surface area contributed by atoms with Gasteiger partial charge < -0.3 is 29.9 Å². The number of rotatable bonds is 4. The second kappa shape index (κ2) is 10.8. The van der Waals surface area contributed by atoms with Gasteiger partial charge in [0.25, 0.3) is 0 Å². The smallest absolute Gasteiger partial charge is 0.410 e. The topological polar surface area (TPSA) is 113 Å². The summed E-state index contributed by atoms with van der Waals surface area (Å²) in [5.74, 6) is 0.255. The van der Waals surface area contributed by atoms with Gasteiger partial charge in [0.15, 0.2) is 0 Å². The van der Waals surface area contributed by atoms with Crippen LogP contribution in [0.1, 0.15) is 41.5 Å². The Morgan fingerprint density at radius 2 is 1.61 bits per heavy atom.